The van der Waals surface area contributed by atoms with Crippen molar-refractivity contribution < 1.29 is 4.74 Å². The smallest absolute Gasteiger partial charge is 0.0984 e. The second kappa shape index (κ2) is 12.8. The number of rotatable bonds is 15. The number of ether oxygens (including phenoxy) is 1. The Bertz CT molecular complexity index is 729. The van der Waals surface area contributed by atoms with Gasteiger partial charge in [0.05, 0.1) is 12.7 Å². The fourth-order valence-electron chi connectivity index (χ4n) is 4.05. The number of hydrogen-bond acceptors (Lipinski definition) is 3. The van der Waals surface area contributed by atoms with Crippen LogP contribution < -0.4 is 9.80 Å². The van der Waals surface area contributed by atoms with Crippen LogP contribution in [0.1, 0.15) is 70.4 Å². The lowest BCUT2D eigenvalue weighted by Gasteiger charge is -2.25. The summed E-state index contributed by atoms with van der Waals surface area (Å²) < 4.78 is 5.47. The van der Waals surface area contributed by atoms with Crippen LogP contribution >= 0.6 is 0 Å². The quantitative estimate of drug-likeness (QED) is 0.298. The second-order valence-corrected chi connectivity index (χ2v) is 8.96. The van der Waals surface area contributed by atoms with Crippen LogP contribution in [-0.2, 0) is 11.2 Å². The number of epoxide rings is 1. The summed E-state index contributed by atoms with van der Waals surface area (Å²) in [5.74, 6) is 0. The van der Waals surface area contributed by atoms with Crippen molar-refractivity contribution in [1.82, 2.24) is 0 Å². The van der Waals surface area contributed by atoms with Crippen molar-refractivity contribution in [2.45, 2.75) is 71.8 Å². The Morgan fingerprint density at radius 2 is 1.10 bits per heavy atom. The van der Waals surface area contributed by atoms with Gasteiger partial charge in [-0.1, -0.05) is 64.3 Å². The third kappa shape index (κ3) is 7.88. The van der Waals surface area contributed by atoms with Crippen LogP contribution in [0.15, 0.2) is 48.5 Å². The van der Waals surface area contributed by atoms with Crippen molar-refractivity contribution in [1.29, 1.82) is 0 Å². The average molecular weight is 423 g/mol. The molecule has 0 radical (unpaired) electrons. The third-order valence-electron chi connectivity index (χ3n) is 6.18. The van der Waals surface area contributed by atoms with Crippen LogP contribution in [0, 0.1) is 0 Å². The molecular formula is C28H42N2O. The minimum atomic E-state index is 0.435. The molecule has 170 valence electrons. The molecule has 0 N–H and O–H groups in total. The molecular weight excluding hydrogens is 380 g/mol. The van der Waals surface area contributed by atoms with E-state index >= 15 is 0 Å². The lowest BCUT2D eigenvalue weighted by molar-refractivity contribution is 0.406. The summed E-state index contributed by atoms with van der Waals surface area (Å²) in [5.41, 5.74) is 5.46. The van der Waals surface area contributed by atoms with Crippen molar-refractivity contribution in [2.75, 3.05) is 42.6 Å². The molecule has 0 saturated carbocycles. The lowest BCUT2D eigenvalue weighted by atomic mass is 10.0. The largest absolute Gasteiger partial charge is 0.372 e. The van der Waals surface area contributed by atoms with Gasteiger partial charge in [0.25, 0.3) is 0 Å². The van der Waals surface area contributed by atoms with Crippen molar-refractivity contribution in [2.24, 2.45) is 0 Å². The summed E-state index contributed by atoms with van der Waals surface area (Å²) in [6.07, 6.45) is 8.91. The first-order valence-corrected chi connectivity index (χ1v) is 12.5. The predicted octanol–water partition coefficient (Wildman–Crippen LogP) is 6.69. The molecule has 0 spiro atoms. The number of nitrogens with zero attached hydrogens (tertiary/aromatic N) is 2. The minimum absolute atomic E-state index is 0.435. The number of benzene rings is 2. The van der Waals surface area contributed by atoms with Crippen LogP contribution in [0.5, 0.6) is 0 Å². The SMILES string of the molecule is CCCCN(CCCC)c1ccc(Cc2ccc(N(CCCC)CC3CO3)cc2)cc1. The van der Waals surface area contributed by atoms with E-state index in [2.05, 4.69) is 79.1 Å². The molecule has 2 aromatic rings. The Balaban J connectivity index is 1.59. The maximum atomic E-state index is 5.47. The fourth-order valence-corrected chi connectivity index (χ4v) is 4.05. The molecule has 1 unspecified atom stereocenters. The highest BCUT2D eigenvalue weighted by atomic mass is 16.6. The zero-order valence-corrected chi connectivity index (χ0v) is 20.0. The van der Waals surface area contributed by atoms with Gasteiger partial charge < -0.3 is 14.5 Å². The van der Waals surface area contributed by atoms with Gasteiger partial charge in [0.2, 0.25) is 0 Å². The summed E-state index contributed by atoms with van der Waals surface area (Å²) in [4.78, 5) is 5.04. The molecule has 1 atom stereocenters. The molecule has 1 aliphatic rings. The van der Waals surface area contributed by atoms with Gasteiger partial charge in [-0.25, -0.2) is 0 Å². The highest BCUT2D eigenvalue weighted by Crippen LogP contribution is 2.23. The first kappa shape index (κ1) is 23.7. The Hall–Kier alpha value is -2.00. The zero-order chi connectivity index (χ0) is 21.9. The van der Waals surface area contributed by atoms with Crippen LogP contribution in [0.2, 0.25) is 0 Å². The minimum Gasteiger partial charge on any atom is -0.372 e. The van der Waals surface area contributed by atoms with Crippen molar-refractivity contribution in [3.05, 3.63) is 59.7 Å². The highest BCUT2D eigenvalue weighted by Gasteiger charge is 2.25. The monoisotopic (exact) mass is 422 g/mol. The van der Waals surface area contributed by atoms with E-state index in [0.29, 0.717) is 6.10 Å². The van der Waals surface area contributed by atoms with E-state index in [4.69, 9.17) is 4.74 Å². The van der Waals surface area contributed by atoms with Crippen molar-refractivity contribution >= 4 is 11.4 Å². The van der Waals surface area contributed by atoms with Crippen LogP contribution in [0.3, 0.4) is 0 Å². The first-order valence-electron chi connectivity index (χ1n) is 12.5. The van der Waals surface area contributed by atoms with Gasteiger partial charge in [-0.3, -0.25) is 0 Å². The number of hydrogen-bond donors (Lipinski definition) is 0. The normalized spacial score (nSPS) is 15.1. The Kier molecular flexibility index (Phi) is 9.74. The Morgan fingerprint density at radius 3 is 1.52 bits per heavy atom. The van der Waals surface area contributed by atoms with Gasteiger partial charge in [-0.2, -0.15) is 0 Å². The summed E-state index contributed by atoms with van der Waals surface area (Å²) in [6.45, 7) is 12.2. The number of unbranched alkanes of at least 4 members (excludes halogenated alkanes) is 3. The highest BCUT2D eigenvalue weighted by molar-refractivity contribution is 5.50. The van der Waals surface area contributed by atoms with Crippen LogP contribution in [0.4, 0.5) is 11.4 Å². The number of anilines is 2. The van der Waals surface area contributed by atoms with Gasteiger partial charge in [0.15, 0.2) is 0 Å². The van der Waals surface area contributed by atoms with E-state index in [1.165, 1.54) is 61.0 Å². The molecule has 0 aliphatic carbocycles. The van der Waals surface area contributed by atoms with Gasteiger partial charge in [-0.15, -0.1) is 0 Å². The molecule has 2 aromatic carbocycles. The van der Waals surface area contributed by atoms with Crippen molar-refractivity contribution in [3.63, 3.8) is 0 Å². The van der Waals surface area contributed by atoms with Crippen LogP contribution in [-0.4, -0.2) is 38.9 Å². The molecule has 1 aliphatic heterocycles. The predicted molar refractivity (Wildman–Crippen MR) is 135 cm³/mol. The molecule has 1 fully saturated rings. The fraction of sp³-hybridized carbons (Fsp3) is 0.571. The zero-order valence-electron chi connectivity index (χ0n) is 20.0. The molecule has 0 aromatic heterocycles. The second-order valence-electron chi connectivity index (χ2n) is 8.96. The standard InChI is InChI=1S/C28H42N2O/c1-4-7-18-29(19-8-5-2)26-14-10-24(11-15-26)21-25-12-16-27(17-13-25)30(20-9-6-3)22-28-23-31-28/h10-17,28H,4-9,18-23H2,1-3H3. The van der Waals surface area contributed by atoms with Gasteiger partial charge in [0, 0.05) is 37.6 Å². The molecule has 31 heavy (non-hydrogen) atoms. The first-order chi connectivity index (χ1) is 15.2. The van der Waals surface area contributed by atoms with Gasteiger partial charge in [0.1, 0.15) is 0 Å². The average Bonchev–Trinajstić information content (AvgIpc) is 3.62. The molecule has 0 bridgehead atoms. The summed E-state index contributed by atoms with van der Waals surface area (Å²) in [5, 5.41) is 0. The molecule has 3 nitrogen and oxygen atoms in total. The van der Waals surface area contributed by atoms with E-state index in [0.717, 1.165) is 39.2 Å². The van der Waals surface area contributed by atoms with E-state index < -0.39 is 0 Å². The maximum Gasteiger partial charge on any atom is 0.0984 e. The maximum absolute atomic E-state index is 5.47. The van der Waals surface area contributed by atoms with Gasteiger partial charge >= 0.3 is 0 Å². The van der Waals surface area contributed by atoms with E-state index in [-0.39, 0.29) is 0 Å². The lowest BCUT2D eigenvalue weighted by Crippen LogP contribution is -2.28. The summed E-state index contributed by atoms with van der Waals surface area (Å²) in [7, 11) is 0. The van der Waals surface area contributed by atoms with Crippen molar-refractivity contribution in [3.8, 4) is 0 Å². The van der Waals surface area contributed by atoms with E-state index in [9.17, 15) is 0 Å². The summed E-state index contributed by atoms with van der Waals surface area (Å²) >= 11 is 0. The molecule has 3 heteroatoms. The molecule has 0 amide bonds. The Morgan fingerprint density at radius 1 is 0.677 bits per heavy atom. The topological polar surface area (TPSA) is 19.0 Å². The van der Waals surface area contributed by atoms with E-state index in [1.807, 2.05) is 0 Å². The molecule has 1 saturated heterocycles. The van der Waals surface area contributed by atoms with Gasteiger partial charge in [-0.05, 0) is 61.1 Å². The Labute approximate surface area is 190 Å². The van der Waals surface area contributed by atoms with Crippen LogP contribution in [0.25, 0.3) is 0 Å². The summed E-state index contributed by atoms with van der Waals surface area (Å²) in [6, 6.07) is 18.4. The third-order valence-corrected chi connectivity index (χ3v) is 6.18. The van der Waals surface area contributed by atoms with E-state index in [1.54, 1.807) is 0 Å². The molecule has 3 rings (SSSR count). The molecule has 1 heterocycles.